The van der Waals surface area contributed by atoms with Crippen LogP contribution in [0.5, 0.6) is 0 Å². The Hall–Kier alpha value is -6.90. The van der Waals surface area contributed by atoms with Crippen LogP contribution in [0, 0.1) is 13.8 Å². The smallest absolute Gasteiger partial charge is 0.410 e. The molecule has 2 aromatic heterocycles. The lowest BCUT2D eigenvalue weighted by molar-refractivity contribution is 0.0220. The van der Waals surface area contributed by atoms with Crippen molar-refractivity contribution in [2.24, 2.45) is 0 Å². The van der Waals surface area contributed by atoms with Crippen molar-refractivity contribution >= 4 is 46.9 Å². The van der Waals surface area contributed by atoms with Gasteiger partial charge in [-0.15, -0.1) is 0 Å². The standard InChI is InChI=1S/C25H25N5O2.C21H26N4O4/c1-16-7-8-18(24(31)28-19-9-10-19)13-21(16)29-23-20-11-12-30(14-22(20)26-15-27-23)25(32)17-5-3-2-4-6-17;1-13-6-7-14(19(26)28-5)10-16(13)24-18-15-8-9-25(11-17(15)22-12-23-18)20(27)29-21(2,3)4/h2-8,13,15,19H,9-12,14H2,1H3,(H,28,31)(H,26,27,29);6-7,10,12H,8-9,11H2,1-5H3,(H,22,23,24). The number of nitrogens with zero attached hydrogens (tertiary/aromatic N) is 6. The summed E-state index contributed by atoms with van der Waals surface area (Å²) in [4.78, 5) is 70.6. The predicted molar refractivity (Wildman–Crippen MR) is 230 cm³/mol. The average molecular weight is 826 g/mol. The topological polar surface area (TPSA) is 181 Å². The fourth-order valence-electron chi connectivity index (χ4n) is 6.99. The van der Waals surface area contributed by atoms with E-state index in [4.69, 9.17) is 9.47 Å². The van der Waals surface area contributed by atoms with E-state index in [1.807, 2.05) is 94.1 Å². The van der Waals surface area contributed by atoms with E-state index in [-0.39, 0.29) is 17.9 Å². The van der Waals surface area contributed by atoms with Crippen molar-refractivity contribution in [2.45, 2.75) is 85.0 Å². The number of esters is 1. The van der Waals surface area contributed by atoms with Crippen LogP contribution < -0.4 is 16.0 Å². The SMILES string of the molecule is COC(=O)c1ccc(C)c(Nc2ncnc3c2CCN(C(=O)OC(C)(C)C)C3)c1.Cc1ccc(C(=O)NC2CC2)cc1Nc1ncnc2c1CCN(C(=O)c1ccccc1)C2. The van der Waals surface area contributed by atoms with Gasteiger partial charge in [-0.2, -0.15) is 0 Å². The summed E-state index contributed by atoms with van der Waals surface area (Å²) in [6.07, 6.45) is 6.03. The molecule has 0 saturated heterocycles. The minimum absolute atomic E-state index is 0.00888. The number of aryl methyl sites for hydroxylation is 2. The second-order valence-electron chi connectivity index (χ2n) is 16.3. The molecule has 15 nitrogen and oxygen atoms in total. The number of carbonyl (C=O) groups excluding carboxylic acids is 4. The number of anilines is 4. The number of benzene rings is 3. The molecule has 3 aromatic carbocycles. The first-order valence-corrected chi connectivity index (χ1v) is 20.4. The summed E-state index contributed by atoms with van der Waals surface area (Å²) < 4.78 is 10.3. The fourth-order valence-corrected chi connectivity index (χ4v) is 6.99. The molecule has 8 rings (SSSR count). The largest absolute Gasteiger partial charge is 0.465 e. The molecular formula is C46H51N9O6. The van der Waals surface area contributed by atoms with Crippen molar-refractivity contribution in [1.82, 2.24) is 35.1 Å². The van der Waals surface area contributed by atoms with Crippen LogP contribution in [0.2, 0.25) is 0 Å². The van der Waals surface area contributed by atoms with Crippen molar-refractivity contribution < 1.29 is 28.7 Å². The zero-order chi connectivity index (χ0) is 43.3. The lowest BCUT2D eigenvalue weighted by Crippen LogP contribution is -2.40. The van der Waals surface area contributed by atoms with Gasteiger partial charge in [0.05, 0.1) is 37.2 Å². The lowest BCUT2D eigenvalue weighted by Gasteiger charge is -2.31. The highest BCUT2D eigenvalue weighted by molar-refractivity contribution is 5.96. The molecule has 4 heterocycles. The van der Waals surface area contributed by atoms with Crippen molar-refractivity contribution in [2.75, 3.05) is 30.8 Å². The predicted octanol–water partition coefficient (Wildman–Crippen LogP) is 7.23. The molecule has 0 bridgehead atoms. The minimum atomic E-state index is -0.544. The number of rotatable bonds is 8. The zero-order valence-electron chi connectivity index (χ0n) is 35.4. The van der Waals surface area contributed by atoms with Gasteiger partial charge in [0.15, 0.2) is 0 Å². The zero-order valence-corrected chi connectivity index (χ0v) is 35.4. The van der Waals surface area contributed by atoms with E-state index in [0.29, 0.717) is 67.6 Å². The van der Waals surface area contributed by atoms with Gasteiger partial charge in [-0.25, -0.2) is 29.5 Å². The fraction of sp³-hybridized carbons (Fsp3) is 0.348. The van der Waals surface area contributed by atoms with E-state index in [0.717, 1.165) is 63.7 Å². The quantitative estimate of drug-likeness (QED) is 0.134. The summed E-state index contributed by atoms with van der Waals surface area (Å²) in [6.45, 7) is 11.4. The highest BCUT2D eigenvalue weighted by Crippen LogP contribution is 2.30. The van der Waals surface area contributed by atoms with Gasteiger partial charge in [-0.05, 0) is 108 Å². The number of hydrogen-bond acceptors (Lipinski definition) is 12. The lowest BCUT2D eigenvalue weighted by atomic mass is 10.0. The molecule has 61 heavy (non-hydrogen) atoms. The Bertz CT molecular complexity index is 2450. The van der Waals surface area contributed by atoms with Gasteiger partial charge in [-0.1, -0.05) is 30.3 Å². The third-order valence-corrected chi connectivity index (χ3v) is 10.6. The molecule has 0 radical (unpaired) electrons. The number of carbonyl (C=O) groups is 4. The number of nitrogens with one attached hydrogen (secondary N) is 3. The van der Waals surface area contributed by atoms with E-state index >= 15 is 0 Å². The third-order valence-electron chi connectivity index (χ3n) is 10.6. The average Bonchev–Trinajstić information content (AvgIpc) is 4.08. The summed E-state index contributed by atoms with van der Waals surface area (Å²) in [5.74, 6) is 0.962. The molecule has 1 aliphatic carbocycles. The van der Waals surface area contributed by atoms with Crippen LogP contribution in [0.3, 0.4) is 0 Å². The summed E-state index contributed by atoms with van der Waals surface area (Å²) in [7, 11) is 1.35. The van der Waals surface area contributed by atoms with Crippen LogP contribution in [0.1, 0.15) is 98.3 Å². The second-order valence-corrected chi connectivity index (χ2v) is 16.3. The minimum Gasteiger partial charge on any atom is -0.465 e. The van der Waals surface area contributed by atoms with Gasteiger partial charge in [0.25, 0.3) is 11.8 Å². The van der Waals surface area contributed by atoms with Crippen LogP contribution >= 0.6 is 0 Å². The molecule has 5 aromatic rings. The molecule has 3 N–H and O–H groups in total. The van der Waals surface area contributed by atoms with Crippen molar-refractivity contribution in [1.29, 1.82) is 0 Å². The number of amides is 3. The van der Waals surface area contributed by atoms with Crippen molar-refractivity contribution in [3.05, 3.63) is 130 Å². The number of hydrogen-bond donors (Lipinski definition) is 3. The Morgan fingerprint density at radius 3 is 1.79 bits per heavy atom. The third kappa shape index (κ3) is 10.5. The first-order valence-electron chi connectivity index (χ1n) is 20.4. The number of fused-ring (bicyclic) bond motifs is 2. The van der Waals surface area contributed by atoms with E-state index in [1.54, 1.807) is 17.0 Å². The molecule has 1 fully saturated rings. The van der Waals surface area contributed by atoms with Crippen molar-refractivity contribution in [3.63, 3.8) is 0 Å². The van der Waals surface area contributed by atoms with E-state index in [2.05, 4.69) is 35.9 Å². The van der Waals surface area contributed by atoms with Crippen molar-refractivity contribution in [3.8, 4) is 0 Å². The second kappa shape index (κ2) is 18.2. The van der Waals surface area contributed by atoms with Crippen LogP contribution in [0.25, 0.3) is 0 Å². The van der Waals surface area contributed by atoms with Gasteiger partial charge >= 0.3 is 12.1 Å². The van der Waals surface area contributed by atoms with Crippen LogP contribution in [-0.2, 0) is 35.4 Å². The summed E-state index contributed by atoms with van der Waals surface area (Å²) in [5, 5.41) is 9.74. The maximum absolute atomic E-state index is 12.8. The van der Waals surface area contributed by atoms with E-state index in [1.165, 1.54) is 19.8 Å². The summed E-state index contributed by atoms with van der Waals surface area (Å²) in [6, 6.07) is 20.6. The molecule has 0 unspecified atom stereocenters. The summed E-state index contributed by atoms with van der Waals surface area (Å²) >= 11 is 0. The Morgan fingerprint density at radius 2 is 1.23 bits per heavy atom. The Morgan fingerprint density at radius 1 is 0.689 bits per heavy atom. The molecule has 1 saturated carbocycles. The van der Waals surface area contributed by atoms with Crippen LogP contribution in [0.4, 0.5) is 27.8 Å². The number of ether oxygens (including phenoxy) is 2. The molecule has 0 spiro atoms. The highest BCUT2D eigenvalue weighted by Gasteiger charge is 2.29. The maximum Gasteiger partial charge on any atom is 0.410 e. The molecule has 2 aliphatic heterocycles. The molecule has 3 amide bonds. The first kappa shape index (κ1) is 42.2. The Balaban J connectivity index is 0.000000185. The number of methoxy groups -OCH3 is 1. The van der Waals surface area contributed by atoms with Gasteiger partial charge in [0.2, 0.25) is 0 Å². The van der Waals surface area contributed by atoms with E-state index in [9.17, 15) is 19.2 Å². The molecule has 316 valence electrons. The Labute approximate surface area is 355 Å². The summed E-state index contributed by atoms with van der Waals surface area (Å²) in [5.41, 5.74) is 8.42. The highest BCUT2D eigenvalue weighted by atomic mass is 16.6. The first-order chi connectivity index (χ1) is 29.3. The van der Waals surface area contributed by atoms with Gasteiger partial charge in [0, 0.05) is 52.8 Å². The molecular weight excluding hydrogens is 775 g/mol. The van der Waals surface area contributed by atoms with Crippen LogP contribution in [-0.4, -0.2) is 85.5 Å². The van der Waals surface area contributed by atoms with Gasteiger partial charge in [0.1, 0.15) is 29.9 Å². The molecule has 3 aliphatic rings. The molecule has 0 atom stereocenters. The normalized spacial score (nSPS) is 14.3. The van der Waals surface area contributed by atoms with E-state index < -0.39 is 11.6 Å². The van der Waals surface area contributed by atoms with Gasteiger partial charge < -0.3 is 35.2 Å². The number of aromatic nitrogens is 4. The maximum atomic E-state index is 12.8. The van der Waals surface area contributed by atoms with Crippen LogP contribution in [0.15, 0.2) is 79.4 Å². The Kier molecular flexibility index (Phi) is 12.6. The molecule has 15 heteroatoms. The van der Waals surface area contributed by atoms with Gasteiger partial charge in [-0.3, -0.25) is 9.59 Å². The monoisotopic (exact) mass is 825 g/mol.